The number of fused-ring (bicyclic) bond motifs is 1. The topological polar surface area (TPSA) is 115 Å². The van der Waals surface area contributed by atoms with Gasteiger partial charge in [-0.25, -0.2) is 24.2 Å². The molecule has 2 aromatic carbocycles. The molecule has 0 N–H and O–H groups in total. The Bertz CT molecular complexity index is 1420. The molecule has 1 aliphatic rings. The van der Waals surface area contributed by atoms with Crippen molar-refractivity contribution in [3.8, 4) is 5.88 Å². The molecular formula is C27H26N4O6. The maximum Gasteiger partial charge on any atom is 0.338 e. The molecule has 1 aliphatic heterocycles. The Hall–Kier alpha value is -4.31. The summed E-state index contributed by atoms with van der Waals surface area (Å²) in [5.74, 6) is -0.587. The first-order valence-corrected chi connectivity index (χ1v) is 11.8. The Labute approximate surface area is 213 Å². The minimum Gasteiger partial charge on any atom is -0.480 e. The SMILES string of the molecule is COc1ncnc2c1cnn2[C@H]1C[C@H](OC(=O)c2ccc(C)cc2)[C@@H](COC(=O)c2ccc(C)cc2)O1. The molecule has 5 rings (SSSR count). The van der Waals surface area contributed by atoms with Gasteiger partial charge in [-0.3, -0.25) is 0 Å². The second-order valence-electron chi connectivity index (χ2n) is 8.85. The maximum atomic E-state index is 12.9. The van der Waals surface area contributed by atoms with Crippen molar-refractivity contribution in [2.45, 2.75) is 38.7 Å². The van der Waals surface area contributed by atoms with Crippen LogP contribution in [0.2, 0.25) is 0 Å². The molecular weight excluding hydrogens is 476 g/mol. The number of ether oxygens (including phenoxy) is 4. The summed E-state index contributed by atoms with van der Waals surface area (Å²) in [7, 11) is 1.52. The quantitative estimate of drug-likeness (QED) is 0.348. The van der Waals surface area contributed by atoms with E-state index in [4.69, 9.17) is 18.9 Å². The Kier molecular flexibility index (Phi) is 6.82. The zero-order valence-corrected chi connectivity index (χ0v) is 20.7. The number of methoxy groups -OCH3 is 1. The Morgan fingerprint density at radius 3 is 2.27 bits per heavy atom. The van der Waals surface area contributed by atoms with Crippen LogP contribution in [0.1, 0.15) is 44.5 Å². The monoisotopic (exact) mass is 502 g/mol. The summed E-state index contributed by atoms with van der Waals surface area (Å²) < 4.78 is 24.5. The molecule has 1 fully saturated rings. The zero-order chi connectivity index (χ0) is 25.9. The van der Waals surface area contributed by atoms with Gasteiger partial charge in [0.2, 0.25) is 5.88 Å². The highest BCUT2D eigenvalue weighted by Gasteiger charge is 2.41. The minimum absolute atomic E-state index is 0.105. The van der Waals surface area contributed by atoms with Crippen LogP contribution in [0.25, 0.3) is 11.0 Å². The molecule has 10 nitrogen and oxygen atoms in total. The van der Waals surface area contributed by atoms with Crippen LogP contribution in [0.4, 0.5) is 0 Å². The first kappa shape index (κ1) is 24.4. The Balaban J connectivity index is 1.36. The van der Waals surface area contributed by atoms with Gasteiger partial charge >= 0.3 is 11.9 Å². The van der Waals surface area contributed by atoms with Crippen molar-refractivity contribution in [3.63, 3.8) is 0 Å². The highest BCUT2D eigenvalue weighted by Crippen LogP contribution is 2.34. The Morgan fingerprint density at radius 2 is 1.62 bits per heavy atom. The molecule has 0 saturated carbocycles. The third-order valence-corrected chi connectivity index (χ3v) is 6.21. The summed E-state index contributed by atoms with van der Waals surface area (Å²) in [6.07, 6.45) is 1.24. The van der Waals surface area contributed by atoms with E-state index in [0.29, 0.717) is 28.0 Å². The van der Waals surface area contributed by atoms with Gasteiger partial charge in [0.05, 0.1) is 24.4 Å². The van der Waals surface area contributed by atoms with Crippen molar-refractivity contribution >= 4 is 23.0 Å². The van der Waals surface area contributed by atoms with Gasteiger partial charge in [-0.1, -0.05) is 35.4 Å². The van der Waals surface area contributed by atoms with E-state index in [0.717, 1.165) is 11.1 Å². The number of carbonyl (C=O) groups excluding carboxylic acids is 2. The number of aryl methyl sites for hydroxylation is 2. The van der Waals surface area contributed by atoms with Gasteiger partial charge in [-0.2, -0.15) is 5.10 Å². The van der Waals surface area contributed by atoms with E-state index in [2.05, 4.69) is 15.1 Å². The number of hydrogen-bond acceptors (Lipinski definition) is 9. The number of benzene rings is 2. The summed E-state index contributed by atoms with van der Waals surface area (Å²) in [6, 6.07) is 14.2. The molecule has 2 aromatic heterocycles. The zero-order valence-electron chi connectivity index (χ0n) is 20.7. The molecule has 0 amide bonds. The number of esters is 2. The van der Waals surface area contributed by atoms with Gasteiger partial charge in [-0.05, 0) is 38.1 Å². The lowest BCUT2D eigenvalue weighted by atomic mass is 10.1. The van der Waals surface area contributed by atoms with Gasteiger partial charge in [0.25, 0.3) is 0 Å². The highest BCUT2D eigenvalue weighted by atomic mass is 16.6. The highest BCUT2D eigenvalue weighted by molar-refractivity contribution is 5.90. The van der Waals surface area contributed by atoms with E-state index in [9.17, 15) is 9.59 Å². The van der Waals surface area contributed by atoms with E-state index in [1.165, 1.54) is 13.4 Å². The molecule has 1 saturated heterocycles. The van der Waals surface area contributed by atoms with Crippen LogP contribution in [-0.2, 0) is 14.2 Å². The van der Waals surface area contributed by atoms with Gasteiger partial charge in [0.15, 0.2) is 11.9 Å². The first-order chi connectivity index (χ1) is 17.9. The lowest BCUT2D eigenvalue weighted by molar-refractivity contribution is -0.0590. The van der Waals surface area contributed by atoms with Crippen LogP contribution in [0.3, 0.4) is 0 Å². The van der Waals surface area contributed by atoms with Crippen molar-refractivity contribution in [3.05, 3.63) is 83.3 Å². The minimum atomic E-state index is -0.711. The number of carbonyl (C=O) groups is 2. The number of hydrogen-bond donors (Lipinski definition) is 0. The lowest BCUT2D eigenvalue weighted by Crippen LogP contribution is -2.32. The van der Waals surface area contributed by atoms with Gasteiger partial charge in [0, 0.05) is 6.42 Å². The summed E-state index contributed by atoms with van der Waals surface area (Å²) >= 11 is 0. The third-order valence-electron chi connectivity index (χ3n) is 6.21. The fourth-order valence-corrected chi connectivity index (χ4v) is 4.16. The van der Waals surface area contributed by atoms with E-state index in [1.54, 1.807) is 35.1 Å². The number of aromatic nitrogens is 4. The van der Waals surface area contributed by atoms with Crippen molar-refractivity contribution in [1.82, 2.24) is 19.7 Å². The Morgan fingerprint density at radius 1 is 0.973 bits per heavy atom. The molecule has 4 aromatic rings. The fraction of sp³-hybridized carbons (Fsp3) is 0.296. The van der Waals surface area contributed by atoms with Crippen LogP contribution < -0.4 is 4.74 Å². The van der Waals surface area contributed by atoms with E-state index in [1.807, 2.05) is 38.1 Å². The molecule has 37 heavy (non-hydrogen) atoms. The number of rotatable bonds is 7. The molecule has 0 bridgehead atoms. The van der Waals surface area contributed by atoms with Crippen LogP contribution in [-0.4, -0.2) is 57.6 Å². The van der Waals surface area contributed by atoms with E-state index >= 15 is 0 Å². The molecule has 190 valence electrons. The second kappa shape index (κ2) is 10.4. The van der Waals surface area contributed by atoms with Crippen molar-refractivity contribution in [2.24, 2.45) is 0 Å². The molecule has 0 radical (unpaired) electrons. The van der Waals surface area contributed by atoms with Gasteiger partial charge in [0.1, 0.15) is 30.5 Å². The summed E-state index contributed by atoms with van der Waals surface area (Å²) in [5.41, 5.74) is 3.43. The second-order valence-corrected chi connectivity index (χ2v) is 8.85. The molecule has 0 spiro atoms. The summed E-state index contributed by atoms with van der Waals surface area (Å²) in [5, 5.41) is 5.04. The maximum absolute atomic E-state index is 12.9. The van der Waals surface area contributed by atoms with E-state index < -0.39 is 30.4 Å². The van der Waals surface area contributed by atoms with Crippen molar-refractivity contribution in [2.75, 3.05) is 13.7 Å². The van der Waals surface area contributed by atoms with E-state index in [-0.39, 0.29) is 13.0 Å². The van der Waals surface area contributed by atoms with Gasteiger partial charge in [-0.15, -0.1) is 0 Å². The fourth-order valence-electron chi connectivity index (χ4n) is 4.16. The normalized spacial score (nSPS) is 19.1. The predicted molar refractivity (Wildman–Crippen MR) is 132 cm³/mol. The average molecular weight is 503 g/mol. The van der Waals surface area contributed by atoms with Crippen LogP contribution in [0, 0.1) is 13.8 Å². The van der Waals surface area contributed by atoms with Crippen LogP contribution >= 0.6 is 0 Å². The first-order valence-electron chi connectivity index (χ1n) is 11.8. The van der Waals surface area contributed by atoms with Crippen LogP contribution in [0.15, 0.2) is 61.1 Å². The smallest absolute Gasteiger partial charge is 0.338 e. The lowest BCUT2D eigenvalue weighted by Gasteiger charge is -2.19. The predicted octanol–water partition coefficient (Wildman–Crippen LogP) is 3.82. The molecule has 3 atom stereocenters. The molecule has 3 heterocycles. The average Bonchev–Trinajstić information content (AvgIpc) is 3.52. The molecule has 0 aliphatic carbocycles. The molecule has 10 heteroatoms. The molecule has 0 unspecified atom stereocenters. The standard InChI is InChI=1S/C27H26N4O6/c1-16-4-8-18(9-5-16)26(32)35-14-22-21(37-27(33)19-10-6-17(2)7-11-19)12-23(36-22)31-24-20(13-30-31)25(34-3)29-15-28-24/h4-11,13,15,21-23H,12,14H2,1-3H3/t21-,22+,23+/m0/s1. The van der Waals surface area contributed by atoms with Crippen LogP contribution in [0.5, 0.6) is 5.88 Å². The largest absolute Gasteiger partial charge is 0.480 e. The summed E-state index contributed by atoms with van der Waals surface area (Å²) in [6.45, 7) is 3.77. The number of nitrogens with zero attached hydrogens (tertiary/aromatic N) is 4. The van der Waals surface area contributed by atoms with Crippen molar-refractivity contribution in [1.29, 1.82) is 0 Å². The summed E-state index contributed by atoms with van der Waals surface area (Å²) in [4.78, 5) is 33.9. The third kappa shape index (κ3) is 5.14. The van der Waals surface area contributed by atoms with Crippen molar-refractivity contribution < 1.29 is 28.5 Å². The van der Waals surface area contributed by atoms with Gasteiger partial charge < -0.3 is 18.9 Å².